The molecule has 4 rings (SSSR count). The van der Waals surface area contributed by atoms with E-state index in [1.807, 2.05) is 24.3 Å². The van der Waals surface area contributed by atoms with Gasteiger partial charge in [0.05, 0.1) is 6.42 Å². The average Bonchev–Trinajstić information content (AvgIpc) is 3.23. The minimum Gasteiger partial charge on any atom is -0.273 e. The standard InChI is InChI=1S/C21H24N2O/c1-14(20-12-15-9-10-18(20)11-15)22-23-21(24)13-17-7-4-6-16-5-2-3-8-19(16)17/h2-8,15,18,20H,9-13H2,1H3,(H,23,24)/b22-14-/t15-,18-,20+/m1/s1. The molecule has 2 saturated carbocycles. The summed E-state index contributed by atoms with van der Waals surface area (Å²) in [4.78, 5) is 12.3. The van der Waals surface area contributed by atoms with Crippen molar-refractivity contribution in [2.75, 3.05) is 0 Å². The van der Waals surface area contributed by atoms with Gasteiger partial charge in [-0.25, -0.2) is 5.43 Å². The van der Waals surface area contributed by atoms with Crippen LogP contribution in [-0.2, 0) is 11.2 Å². The summed E-state index contributed by atoms with van der Waals surface area (Å²) in [5, 5.41) is 6.73. The molecule has 3 atom stereocenters. The Morgan fingerprint density at radius 3 is 2.75 bits per heavy atom. The first-order valence-electron chi connectivity index (χ1n) is 9.00. The minimum absolute atomic E-state index is 0.0335. The summed E-state index contributed by atoms with van der Waals surface area (Å²) in [7, 11) is 0. The van der Waals surface area contributed by atoms with Gasteiger partial charge in [0.25, 0.3) is 0 Å². The predicted octanol–water partition coefficient (Wildman–Crippen LogP) is 4.31. The summed E-state index contributed by atoms with van der Waals surface area (Å²) in [6.07, 6.45) is 5.73. The van der Waals surface area contributed by atoms with E-state index in [1.165, 1.54) is 31.1 Å². The van der Waals surface area contributed by atoms with E-state index in [-0.39, 0.29) is 5.91 Å². The molecule has 2 fully saturated rings. The van der Waals surface area contributed by atoms with Gasteiger partial charge in [0, 0.05) is 11.6 Å². The van der Waals surface area contributed by atoms with Crippen LogP contribution in [0.4, 0.5) is 0 Å². The fourth-order valence-electron chi connectivity index (χ4n) is 4.65. The first-order chi connectivity index (χ1) is 11.7. The van der Waals surface area contributed by atoms with Crippen molar-refractivity contribution in [1.82, 2.24) is 5.43 Å². The molecule has 0 saturated heterocycles. The fraction of sp³-hybridized carbons (Fsp3) is 0.429. The summed E-state index contributed by atoms with van der Waals surface area (Å²) in [6, 6.07) is 14.3. The molecule has 3 nitrogen and oxygen atoms in total. The third-order valence-electron chi connectivity index (χ3n) is 5.86. The molecule has 0 aromatic heterocycles. The lowest BCUT2D eigenvalue weighted by Gasteiger charge is -2.21. The molecule has 2 bridgehead atoms. The second-order valence-corrected chi connectivity index (χ2v) is 7.38. The van der Waals surface area contributed by atoms with Gasteiger partial charge in [-0.2, -0.15) is 5.10 Å². The molecule has 24 heavy (non-hydrogen) atoms. The highest BCUT2D eigenvalue weighted by atomic mass is 16.2. The smallest absolute Gasteiger partial charge is 0.244 e. The summed E-state index contributed by atoms with van der Waals surface area (Å²) in [6.45, 7) is 2.07. The Balaban J connectivity index is 1.42. The van der Waals surface area contributed by atoms with E-state index in [4.69, 9.17) is 0 Å². The molecule has 124 valence electrons. The van der Waals surface area contributed by atoms with Gasteiger partial charge in [-0.3, -0.25) is 4.79 Å². The van der Waals surface area contributed by atoms with E-state index in [9.17, 15) is 4.79 Å². The first-order valence-corrected chi connectivity index (χ1v) is 9.00. The number of hydrogen-bond acceptors (Lipinski definition) is 2. The molecule has 0 aliphatic heterocycles. The molecule has 0 unspecified atom stereocenters. The number of hydrazone groups is 1. The largest absolute Gasteiger partial charge is 0.273 e. The highest BCUT2D eigenvalue weighted by Gasteiger charge is 2.40. The zero-order valence-corrected chi connectivity index (χ0v) is 14.2. The normalized spacial score (nSPS) is 26.0. The Labute approximate surface area is 143 Å². The van der Waals surface area contributed by atoms with Crippen LogP contribution in [0.1, 0.15) is 38.2 Å². The van der Waals surface area contributed by atoms with Crippen LogP contribution < -0.4 is 5.43 Å². The monoisotopic (exact) mass is 320 g/mol. The quantitative estimate of drug-likeness (QED) is 0.662. The van der Waals surface area contributed by atoms with E-state index in [2.05, 4.69) is 35.7 Å². The van der Waals surface area contributed by atoms with Gasteiger partial charge in [-0.1, -0.05) is 48.9 Å². The lowest BCUT2D eigenvalue weighted by Crippen LogP contribution is -2.25. The first kappa shape index (κ1) is 15.4. The molecule has 3 heteroatoms. The lowest BCUT2D eigenvalue weighted by atomic mass is 9.86. The molecule has 1 N–H and O–H groups in total. The number of carbonyl (C=O) groups is 1. The van der Waals surface area contributed by atoms with Crippen LogP contribution in [0, 0.1) is 17.8 Å². The van der Waals surface area contributed by atoms with Crippen LogP contribution in [0.3, 0.4) is 0 Å². The molecule has 2 aliphatic rings. The van der Waals surface area contributed by atoms with Gasteiger partial charge >= 0.3 is 0 Å². The van der Waals surface area contributed by atoms with E-state index in [0.717, 1.165) is 28.5 Å². The van der Waals surface area contributed by atoms with Crippen LogP contribution in [0.2, 0.25) is 0 Å². The van der Waals surface area contributed by atoms with Crippen LogP contribution in [0.5, 0.6) is 0 Å². The van der Waals surface area contributed by atoms with Crippen molar-refractivity contribution in [1.29, 1.82) is 0 Å². The topological polar surface area (TPSA) is 41.5 Å². The van der Waals surface area contributed by atoms with Crippen molar-refractivity contribution >= 4 is 22.4 Å². The highest BCUT2D eigenvalue weighted by molar-refractivity contribution is 5.91. The van der Waals surface area contributed by atoms with E-state index >= 15 is 0 Å². The maximum Gasteiger partial charge on any atom is 0.244 e. The molecule has 2 aliphatic carbocycles. The number of benzene rings is 2. The molecule has 2 aromatic carbocycles. The van der Waals surface area contributed by atoms with Crippen LogP contribution >= 0.6 is 0 Å². The van der Waals surface area contributed by atoms with E-state index in [0.29, 0.717) is 12.3 Å². The number of amides is 1. The van der Waals surface area contributed by atoms with Crippen LogP contribution in [0.15, 0.2) is 47.6 Å². The summed E-state index contributed by atoms with van der Waals surface area (Å²) in [5.74, 6) is 2.25. The number of fused-ring (bicyclic) bond motifs is 3. The van der Waals surface area contributed by atoms with Gasteiger partial charge in [0.1, 0.15) is 0 Å². The molecular formula is C21H24N2O. The number of hydrogen-bond donors (Lipinski definition) is 1. The highest BCUT2D eigenvalue weighted by Crippen LogP contribution is 2.48. The number of rotatable bonds is 4. The zero-order valence-electron chi connectivity index (χ0n) is 14.2. The summed E-state index contributed by atoms with van der Waals surface area (Å²) < 4.78 is 0. The van der Waals surface area contributed by atoms with E-state index < -0.39 is 0 Å². The van der Waals surface area contributed by atoms with Gasteiger partial charge in [-0.05, 0) is 54.4 Å². The Morgan fingerprint density at radius 1 is 1.12 bits per heavy atom. The summed E-state index contributed by atoms with van der Waals surface area (Å²) >= 11 is 0. The molecule has 0 radical (unpaired) electrons. The van der Waals surface area contributed by atoms with Crippen molar-refractivity contribution in [3.63, 3.8) is 0 Å². The van der Waals surface area contributed by atoms with Crippen LogP contribution in [0.25, 0.3) is 10.8 Å². The summed E-state index contributed by atoms with van der Waals surface area (Å²) in [5.41, 5.74) is 4.94. The lowest BCUT2D eigenvalue weighted by molar-refractivity contribution is -0.120. The Bertz CT molecular complexity index is 790. The van der Waals surface area contributed by atoms with Crippen molar-refractivity contribution in [3.8, 4) is 0 Å². The minimum atomic E-state index is -0.0335. The fourth-order valence-corrected chi connectivity index (χ4v) is 4.65. The average molecular weight is 320 g/mol. The Morgan fingerprint density at radius 2 is 1.96 bits per heavy atom. The van der Waals surface area contributed by atoms with Gasteiger partial charge in [-0.15, -0.1) is 0 Å². The van der Waals surface area contributed by atoms with Crippen molar-refractivity contribution < 1.29 is 4.79 Å². The zero-order chi connectivity index (χ0) is 16.5. The Kier molecular flexibility index (Phi) is 4.09. The van der Waals surface area contributed by atoms with Crippen molar-refractivity contribution in [2.24, 2.45) is 22.9 Å². The maximum absolute atomic E-state index is 12.3. The Hall–Kier alpha value is -2.16. The van der Waals surface area contributed by atoms with Gasteiger partial charge in [0.2, 0.25) is 5.91 Å². The second-order valence-electron chi connectivity index (χ2n) is 7.38. The van der Waals surface area contributed by atoms with Crippen molar-refractivity contribution in [2.45, 2.75) is 39.0 Å². The van der Waals surface area contributed by atoms with Crippen molar-refractivity contribution in [3.05, 3.63) is 48.0 Å². The molecule has 1 amide bonds. The van der Waals surface area contributed by atoms with E-state index in [1.54, 1.807) is 0 Å². The third-order valence-corrected chi connectivity index (χ3v) is 5.86. The molecule has 0 heterocycles. The maximum atomic E-state index is 12.3. The SMILES string of the molecule is C/C(=N/NC(=O)Cc1cccc2ccccc12)[C@@H]1C[C@@H]2CC[C@@H]1C2. The second kappa shape index (κ2) is 6.39. The predicted molar refractivity (Wildman–Crippen MR) is 97.8 cm³/mol. The molecular weight excluding hydrogens is 296 g/mol. The van der Waals surface area contributed by atoms with Crippen LogP contribution in [-0.4, -0.2) is 11.6 Å². The number of nitrogens with one attached hydrogen (secondary N) is 1. The van der Waals surface area contributed by atoms with Gasteiger partial charge in [0.15, 0.2) is 0 Å². The third kappa shape index (κ3) is 2.95. The van der Waals surface area contributed by atoms with Gasteiger partial charge < -0.3 is 0 Å². The molecule has 2 aromatic rings. The molecule has 0 spiro atoms. The number of carbonyl (C=O) groups excluding carboxylic acids is 1. The number of nitrogens with zero attached hydrogens (tertiary/aromatic N) is 1.